The van der Waals surface area contributed by atoms with E-state index in [1.165, 1.54) is 18.4 Å². The summed E-state index contributed by atoms with van der Waals surface area (Å²) in [6.45, 7) is 0. The van der Waals surface area contributed by atoms with Crippen molar-refractivity contribution in [3.8, 4) is 0 Å². The van der Waals surface area contributed by atoms with Crippen molar-refractivity contribution in [3.05, 3.63) is 29.4 Å². The number of methoxy groups -OCH3 is 1. The van der Waals surface area contributed by atoms with Gasteiger partial charge in [0.05, 0.1) is 7.11 Å². The van der Waals surface area contributed by atoms with E-state index in [4.69, 9.17) is 0 Å². The van der Waals surface area contributed by atoms with Gasteiger partial charge in [0.15, 0.2) is 0 Å². The standard InChI is InChI=1S/C9H7NO2S/c1-12-9(11)8-4-6-5-10-3-2-7(6)13-8/h2-5H,1H3. The van der Waals surface area contributed by atoms with Crippen LogP contribution in [0.3, 0.4) is 0 Å². The number of thiophene rings is 1. The minimum atomic E-state index is -0.291. The first-order valence-corrected chi connectivity index (χ1v) is 4.55. The normalized spacial score (nSPS) is 10.2. The minimum absolute atomic E-state index is 0.291. The van der Waals surface area contributed by atoms with Crippen molar-refractivity contribution in [2.75, 3.05) is 7.11 Å². The molecule has 3 nitrogen and oxygen atoms in total. The van der Waals surface area contributed by atoms with E-state index in [0.717, 1.165) is 10.1 Å². The maximum Gasteiger partial charge on any atom is 0.348 e. The molecule has 0 amide bonds. The molecule has 0 aliphatic heterocycles. The lowest BCUT2D eigenvalue weighted by molar-refractivity contribution is 0.0606. The van der Waals surface area contributed by atoms with Crippen LogP contribution >= 0.6 is 11.3 Å². The Bertz CT molecular complexity index is 417. The Kier molecular flexibility index (Phi) is 1.98. The van der Waals surface area contributed by atoms with Gasteiger partial charge < -0.3 is 4.74 Å². The summed E-state index contributed by atoms with van der Waals surface area (Å²) in [5.41, 5.74) is 0. The molecular formula is C9H7NO2S. The summed E-state index contributed by atoms with van der Waals surface area (Å²) in [6.07, 6.45) is 3.44. The van der Waals surface area contributed by atoms with Crippen LogP contribution in [0.25, 0.3) is 10.1 Å². The smallest absolute Gasteiger partial charge is 0.348 e. The van der Waals surface area contributed by atoms with E-state index in [-0.39, 0.29) is 5.97 Å². The average Bonchev–Trinajstić information content (AvgIpc) is 2.59. The van der Waals surface area contributed by atoms with Crippen molar-refractivity contribution in [1.82, 2.24) is 4.98 Å². The first-order chi connectivity index (χ1) is 6.31. The van der Waals surface area contributed by atoms with Gasteiger partial charge in [0.2, 0.25) is 0 Å². The van der Waals surface area contributed by atoms with Gasteiger partial charge in [-0.3, -0.25) is 4.98 Å². The Morgan fingerprint density at radius 2 is 2.46 bits per heavy atom. The van der Waals surface area contributed by atoms with Crippen LogP contribution in [-0.2, 0) is 4.74 Å². The predicted octanol–water partition coefficient (Wildman–Crippen LogP) is 2.08. The molecule has 0 radical (unpaired) electrons. The van der Waals surface area contributed by atoms with Crippen molar-refractivity contribution in [1.29, 1.82) is 0 Å². The summed E-state index contributed by atoms with van der Waals surface area (Å²) in [7, 11) is 1.38. The fourth-order valence-electron chi connectivity index (χ4n) is 1.09. The Balaban J connectivity index is 2.56. The number of hydrogen-bond acceptors (Lipinski definition) is 4. The molecule has 13 heavy (non-hydrogen) atoms. The lowest BCUT2D eigenvalue weighted by atomic mass is 10.3. The topological polar surface area (TPSA) is 39.2 Å². The van der Waals surface area contributed by atoms with E-state index in [1.54, 1.807) is 18.5 Å². The Labute approximate surface area is 79.0 Å². The number of rotatable bonds is 1. The molecule has 2 aromatic rings. The molecule has 0 unspecified atom stereocenters. The Hall–Kier alpha value is -1.42. The number of pyridine rings is 1. The molecule has 2 rings (SSSR count). The second kappa shape index (κ2) is 3.14. The number of ether oxygens (including phenoxy) is 1. The molecular weight excluding hydrogens is 186 g/mol. The molecule has 0 spiro atoms. The van der Waals surface area contributed by atoms with Gasteiger partial charge in [-0.15, -0.1) is 11.3 Å². The summed E-state index contributed by atoms with van der Waals surface area (Å²) in [6, 6.07) is 3.67. The van der Waals surface area contributed by atoms with Gasteiger partial charge in [-0.2, -0.15) is 0 Å². The molecule has 2 aromatic heterocycles. The molecule has 0 aromatic carbocycles. The van der Waals surface area contributed by atoms with E-state index in [9.17, 15) is 4.79 Å². The summed E-state index contributed by atoms with van der Waals surface area (Å²) in [4.78, 5) is 15.7. The third-order valence-electron chi connectivity index (χ3n) is 1.70. The molecule has 0 aliphatic rings. The monoisotopic (exact) mass is 193 g/mol. The second-order valence-corrected chi connectivity index (χ2v) is 3.60. The average molecular weight is 193 g/mol. The molecule has 2 heterocycles. The van der Waals surface area contributed by atoms with Crippen LogP contribution < -0.4 is 0 Å². The van der Waals surface area contributed by atoms with Gasteiger partial charge in [-0.1, -0.05) is 0 Å². The first kappa shape index (κ1) is 8.19. The molecule has 4 heteroatoms. The van der Waals surface area contributed by atoms with Crippen LogP contribution in [0.5, 0.6) is 0 Å². The number of esters is 1. The SMILES string of the molecule is COC(=O)c1cc2cnccc2s1. The highest BCUT2D eigenvalue weighted by molar-refractivity contribution is 7.20. The maximum atomic E-state index is 11.2. The maximum absolute atomic E-state index is 11.2. The van der Waals surface area contributed by atoms with E-state index < -0.39 is 0 Å². The molecule has 0 aliphatic carbocycles. The number of carbonyl (C=O) groups is 1. The van der Waals surface area contributed by atoms with Crippen molar-refractivity contribution in [2.45, 2.75) is 0 Å². The van der Waals surface area contributed by atoms with E-state index in [2.05, 4.69) is 9.72 Å². The largest absolute Gasteiger partial charge is 0.465 e. The summed E-state index contributed by atoms with van der Waals surface area (Å²) in [5.74, 6) is -0.291. The number of nitrogens with zero attached hydrogens (tertiary/aromatic N) is 1. The van der Waals surface area contributed by atoms with Crippen molar-refractivity contribution in [2.24, 2.45) is 0 Å². The van der Waals surface area contributed by atoms with Crippen LogP contribution in [0, 0.1) is 0 Å². The van der Waals surface area contributed by atoms with Gasteiger partial charge in [0, 0.05) is 22.5 Å². The van der Waals surface area contributed by atoms with Gasteiger partial charge in [-0.05, 0) is 12.1 Å². The third kappa shape index (κ3) is 1.40. The van der Waals surface area contributed by atoms with Crippen LogP contribution in [0.4, 0.5) is 0 Å². The highest BCUT2D eigenvalue weighted by Gasteiger charge is 2.09. The van der Waals surface area contributed by atoms with E-state index in [0.29, 0.717) is 4.88 Å². The van der Waals surface area contributed by atoms with Gasteiger partial charge in [-0.25, -0.2) is 4.79 Å². The van der Waals surface area contributed by atoms with Crippen LogP contribution in [0.1, 0.15) is 9.67 Å². The van der Waals surface area contributed by atoms with Crippen molar-refractivity contribution in [3.63, 3.8) is 0 Å². The minimum Gasteiger partial charge on any atom is -0.465 e. The van der Waals surface area contributed by atoms with Crippen molar-refractivity contribution >= 4 is 27.4 Å². The molecule has 0 bridgehead atoms. The summed E-state index contributed by atoms with van der Waals surface area (Å²) >= 11 is 1.42. The predicted molar refractivity (Wildman–Crippen MR) is 51.0 cm³/mol. The zero-order valence-corrected chi connectivity index (χ0v) is 7.80. The molecule has 0 fully saturated rings. The highest BCUT2D eigenvalue weighted by atomic mass is 32.1. The summed E-state index contributed by atoms with van der Waals surface area (Å²) in [5, 5.41) is 0.980. The number of fused-ring (bicyclic) bond motifs is 1. The van der Waals surface area contributed by atoms with Crippen LogP contribution in [0.2, 0.25) is 0 Å². The molecule has 0 saturated heterocycles. The van der Waals surface area contributed by atoms with Crippen LogP contribution in [0.15, 0.2) is 24.5 Å². The van der Waals surface area contributed by atoms with Crippen molar-refractivity contribution < 1.29 is 9.53 Å². The number of aromatic nitrogens is 1. The second-order valence-electron chi connectivity index (χ2n) is 2.52. The number of hydrogen-bond donors (Lipinski definition) is 0. The molecule has 0 saturated carbocycles. The Morgan fingerprint density at radius 3 is 3.15 bits per heavy atom. The Morgan fingerprint density at radius 1 is 1.62 bits per heavy atom. The van der Waals surface area contributed by atoms with Gasteiger partial charge in [0.25, 0.3) is 0 Å². The zero-order valence-electron chi connectivity index (χ0n) is 6.98. The third-order valence-corrected chi connectivity index (χ3v) is 2.80. The van der Waals surface area contributed by atoms with Crippen LogP contribution in [-0.4, -0.2) is 18.1 Å². The van der Waals surface area contributed by atoms with E-state index in [1.807, 2.05) is 6.07 Å². The van der Waals surface area contributed by atoms with Gasteiger partial charge in [0.1, 0.15) is 4.88 Å². The first-order valence-electron chi connectivity index (χ1n) is 3.73. The molecule has 0 N–H and O–H groups in total. The fourth-order valence-corrected chi connectivity index (χ4v) is 2.03. The zero-order chi connectivity index (χ0) is 9.26. The highest BCUT2D eigenvalue weighted by Crippen LogP contribution is 2.24. The molecule has 0 atom stereocenters. The molecule has 66 valence electrons. The van der Waals surface area contributed by atoms with E-state index >= 15 is 0 Å². The quantitative estimate of drug-likeness (QED) is 0.651. The lowest BCUT2D eigenvalue weighted by Gasteiger charge is -1.90. The lowest BCUT2D eigenvalue weighted by Crippen LogP contribution is -1.96. The van der Waals surface area contributed by atoms with Gasteiger partial charge >= 0.3 is 5.97 Å². The summed E-state index contributed by atoms with van der Waals surface area (Å²) < 4.78 is 5.67. The fraction of sp³-hybridized carbons (Fsp3) is 0.111. The number of carbonyl (C=O) groups excluding carboxylic acids is 1.